The van der Waals surface area contributed by atoms with Gasteiger partial charge in [0.2, 0.25) is 0 Å². The van der Waals surface area contributed by atoms with E-state index in [-0.39, 0.29) is 11.7 Å². The van der Waals surface area contributed by atoms with Crippen molar-refractivity contribution in [2.24, 2.45) is 0 Å². The molecule has 0 aliphatic carbocycles. The SMILES string of the molecule is Cc1ccc(NC(=O)c2ccc(-c3ccc(O)cc3)cc2)cn1. The van der Waals surface area contributed by atoms with Gasteiger partial charge in [-0.1, -0.05) is 24.3 Å². The summed E-state index contributed by atoms with van der Waals surface area (Å²) in [5.41, 5.74) is 4.12. The van der Waals surface area contributed by atoms with Crippen molar-refractivity contribution in [2.75, 3.05) is 5.32 Å². The normalized spacial score (nSPS) is 10.3. The number of benzene rings is 2. The van der Waals surface area contributed by atoms with Gasteiger partial charge in [0.25, 0.3) is 5.91 Å². The number of carbonyl (C=O) groups excluding carboxylic acids is 1. The van der Waals surface area contributed by atoms with E-state index in [0.717, 1.165) is 16.8 Å². The molecular formula is C19H16N2O2. The van der Waals surface area contributed by atoms with Gasteiger partial charge in [-0.2, -0.15) is 0 Å². The van der Waals surface area contributed by atoms with Gasteiger partial charge in [0, 0.05) is 11.3 Å². The Morgan fingerprint density at radius 1 is 0.913 bits per heavy atom. The largest absolute Gasteiger partial charge is 0.508 e. The first-order valence-electron chi connectivity index (χ1n) is 7.25. The highest BCUT2D eigenvalue weighted by Crippen LogP contribution is 2.22. The molecule has 4 nitrogen and oxygen atoms in total. The van der Waals surface area contributed by atoms with Gasteiger partial charge in [0.15, 0.2) is 0 Å². The maximum absolute atomic E-state index is 12.2. The highest BCUT2D eigenvalue weighted by molar-refractivity contribution is 6.04. The molecule has 0 bridgehead atoms. The van der Waals surface area contributed by atoms with Crippen LogP contribution in [0.2, 0.25) is 0 Å². The summed E-state index contributed by atoms with van der Waals surface area (Å²) < 4.78 is 0. The van der Waals surface area contributed by atoms with Crippen molar-refractivity contribution in [1.29, 1.82) is 0 Å². The van der Waals surface area contributed by atoms with E-state index in [2.05, 4.69) is 10.3 Å². The maximum atomic E-state index is 12.2. The fourth-order valence-electron chi connectivity index (χ4n) is 2.21. The average molecular weight is 304 g/mol. The van der Waals surface area contributed by atoms with Crippen molar-refractivity contribution in [1.82, 2.24) is 4.98 Å². The van der Waals surface area contributed by atoms with Crippen LogP contribution in [0, 0.1) is 6.92 Å². The molecule has 2 aromatic carbocycles. The molecule has 1 amide bonds. The molecule has 0 aliphatic heterocycles. The van der Waals surface area contributed by atoms with Crippen LogP contribution < -0.4 is 5.32 Å². The first-order chi connectivity index (χ1) is 11.1. The van der Waals surface area contributed by atoms with Gasteiger partial charge in [-0.15, -0.1) is 0 Å². The maximum Gasteiger partial charge on any atom is 0.255 e. The minimum atomic E-state index is -0.173. The molecule has 3 rings (SSSR count). The Labute approximate surface area is 134 Å². The molecule has 4 heteroatoms. The van der Waals surface area contributed by atoms with Crippen molar-refractivity contribution < 1.29 is 9.90 Å². The molecule has 3 aromatic rings. The predicted octanol–water partition coefficient (Wildman–Crippen LogP) is 4.01. The monoisotopic (exact) mass is 304 g/mol. The summed E-state index contributed by atoms with van der Waals surface area (Å²) >= 11 is 0. The fourth-order valence-corrected chi connectivity index (χ4v) is 2.21. The van der Waals surface area contributed by atoms with E-state index in [4.69, 9.17) is 0 Å². The zero-order valence-corrected chi connectivity index (χ0v) is 12.7. The van der Waals surface area contributed by atoms with Crippen LogP contribution in [0.25, 0.3) is 11.1 Å². The third-order valence-electron chi connectivity index (χ3n) is 3.52. The fraction of sp³-hybridized carbons (Fsp3) is 0.0526. The third kappa shape index (κ3) is 3.55. The number of carbonyl (C=O) groups is 1. The lowest BCUT2D eigenvalue weighted by atomic mass is 10.0. The second-order valence-corrected chi connectivity index (χ2v) is 5.27. The van der Waals surface area contributed by atoms with Crippen LogP contribution >= 0.6 is 0 Å². The number of aromatic hydroxyl groups is 1. The smallest absolute Gasteiger partial charge is 0.255 e. The molecule has 0 unspecified atom stereocenters. The molecule has 1 aromatic heterocycles. The predicted molar refractivity (Wildman–Crippen MR) is 90.5 cm³/mol. The number of rotatable bonds is 3. The number of aromatic nitrogens is 1. The number of anilines is 1. The van der Waals surface area contributed by atoms with Gasteiger partial charge in [-0.25, -0.2) is 0 Å². The molecule has 23 heavy (non-hydrogen) atoms. The van der Waals surface area contributed by atoms with E-state index in [1.54, 1.807) is 30.5 Å². The molecular weight excluding hydrogens is 288 g/mol. The average Bonchev–Trinajstić information content (AvgIpc) is 2.58. The van der Waals surface area contributed by atoms with E-state index in [9.17, 15) is 9.90 Å². The Hall–Kier alpha value is -3.14. The van der Waals surface area contributed by atoms with Gasteiger partial charge in [0.05, 0.1) is 11.9 Å². The Morgan fingerprint density at radius 3 is 2.09 bits per heavy atom. The Kier molecular flexibility index (Phi) is 4.06. The minimum Gasteiger partial charge on any atom is -0.508 e. The Morgan fingerprint density at radius 2 is 1.52 bits per heavy atom. The summed E-state index contributed by atoms with van der Waals surface area (Å²) in [6.07, 6.45) is 1.64. The van der Waals surface area contributed by atoms with Crippen molar-refractivity contribution in [3.05, 3.63) is 78.1 Å². The summed E-state index contributed by atoms with van der Waals surface area (Å²) in [6.45, 7) is 1.90. The number of nitrogens with zero attached hydrogens (tertiary/aromatic N) is 1. The summed E-state index contributed by atoms with van der Waals surface area (Å²) in [5.74, 6) is 0.0596. The highest BCUT2D eigenvalue weighted by Gasteiger charge is 2.07. The van der Waals surface area contributed by atoms with E-state index in [0.29, 0.717) is 11.3 Å². The summed E-state index contributed by atoms with van der Waals surface area (Å²) in [4.78, 5) is 16.4. The first kappa shape index (κ1) is 14.8. The standard InChI is InChI=1S/C19H16N2O2/c1-13-2-9-17(12-20-13)21-19(23)16-5-3-14(4-6-16)15-7-10-18(22)11-8-15/h2-12,22H,1H3,(H,21,23). The molecule has 0 saturated carbocycles. The Balaban J connectivity index is 1.74. The molecule has 0 atom stereocenters. The van der Waals surface area contributed by atoms with E-state index < -0.39 is 0 Å². The molecule has 0 saturated heterocycles. The van der Waals surface area contributed by atoms with E-state index in [1.807, 2.05) is 43.3 Å². The number of nitrogens with one attached hydrogen (secondary N) is 1. The molecule has 2 N–H and O–H groups in total. The summed E-state index contributed by atoms with van der Waals surface area (Å²) in [6, 6.07) is 17.9. The number of pyridine rings is 1. The molecule has 0 aliphatic rings. The van der Waals surface area contributed by atoms with E-state index in [1.165, 1.54) is 0 Å². The van der Waals surface area contributed by atoms with Crippen LogP contribution in [0.15, 0.2) is 66.9 Å². The molecule has 0 spiro atoms. The zero-order chi connectivity index (χ0) is 16.2. The van der Waals surface area contributed by atoms with Crippen molar-refractivity contribution in [3.8, 4) is 16.9 Å². The van der Waals surface area contributed by atoms with Crippen molar-refractivity contribution in [2.45, 2.75) is 6.92 Å². The number of phenolic OH excluding ortho intramolecular Hbond substituents is 1. The number of hydrogen-bond donors (Lipinski definition) is 2. The van der Waals surface area contributed by atoms with Gasteiger partial charge in [-0.05, 0) is 54.4 Å². The molecule has 0 radical (unpaired) electrons. The minimum absolute atomic E-state index is 0.173. The Bertz CT molecular complexity index is 807. The van der Waals surface area contributed by atoms with Crippen LogP contribution in [0.1, 0.15) is 16.1 Å². The number of aryl methyl sites for hydroxylation is 1. The first-order valence-corrected chi connectivity index (χ1v) is 7.25. The van der Waals surface area contributed by atoms with Crippen LogP contribution in [-0.4, -0.2) is 16.0 Å². The van der Waals surface area contributed by atoms with Gasteiger partial charge in [0.1, 0.15) is 5.75 Å². The van der Waals surface area contributed by atoms with E-state index >= 15 is 0 Å². The van der Waals surface area contributed by atoms with Gasteiger partial charge >= 0.3 is 0 Å². The lowest BCUT2D eigenvalue weighted by molar-refractivity contribution is 0.102. The second-order valence-electron chi connectivity index (χ2n) is 5.27. The van der Waals surface area contributed by atoms with Gasteiger partial charge in [-0.3, -0.25) is 9.78 Å². The quantitative estimate of drug-likeness (QED) is 0.768. The van der Waals surface area contributed by atoms with Gasteiger partial charge < -0.3 is 10.4 Å². The summed E-state index contributed by atoms with van der Waals surface area (Å²) in [7, 11) is 0. The number of phenols is 1. The number of amides is 1. The zero-order valence-electron chi connectivity index (χ0n) is 12.7. The molecule has 0 fully saturated rings. The number of hydrogen-bond acceptors (Lipinski definition) is 3. The van der Waals surface area contributed by atoms with Crippen molar-refractivity contribution in [3.63, 3.8) is 0 Å². The molecule has 114 valence electrons. The lowest BCUT2D eigenvalue weighted by Gasteiger charge is -2.07. The summed E-state index contributed by atoms with van der Waals surface area (Å²) in [5, 5.41) is 12.1. The topological polar surface area (TPSA) is 62.2 Å². The van der Waals surface area contributed by atoms with Crippen LogP contribution in [0.5, 0.6) is 5.75 Å². The highest BCUT2D eigenvalue weighted by atomic mass is 16.3. The molecule has 1 heterocycles. The van der Waals surface area contributed by atoms with Crippen LogP contribution in [0.3, 0.4) is 0 Å². The lowest BCUT2D eigenvalue weighted by Crippen LogP contribution is -2.11. The van der Waals surface area contributed by atoms with Crippen LogP contribution in [-0.2, 0) is 0 Å². The third-order valence-corrected chi connectivity index (χ3v) is 3.52. The van der Waals surface area contributed by atoms with Crippen molar-refractivity contribution >= 4 is 11.6 Å². The van der Waals surface area contributed by atoms with Crippen LogP contribution in [0.4, 0.5) is 5.69 Å². The second kappa shape index (κ2) is 6.32.